The third-order valence-electron chi connectivity index (χ3n) is 8.43. The summed E-state index contributed by atoms with van der Waals surface area (Å²) in [5.74, 6) is 1.91. The van der Waals surface area contributed by atoms with Crippen LogP contribution >= 0.6 is 0 Å². The number of anilines is 3. The van der Waals surface area contributed by atoms with Gasteiger partial charge in [-0.25, -0.2) is 4.98 Å². The Morgan fingerprint density at radius 3 is 2.77 bits per heavy atom. The zero-order valence-electron chi connectivity index (χ0n) is 22.5. The highest BCUT2D eigenvalue weighted by Crippen LogP contribution is 2.40. The molecule has 1 amide bonds. The van der Waals surface area contributed by atoms with Gasteiger partial charge >= 0.3 is 0 Å². The lowest BCUT2D eigenvalue weighted by Crippen LogP contribution is -2.41. The summed E-state index contributed by atoms with van der Waals surface area (Å²) in [5.41, 5.74) is 7.74. The third kappa shape index (κ3) is 4.07. The van der Waals surface area contributed by atoms with Gasteiger partial charge in [0.05, 0.1) is 0 Å². The van der Waals surface area contributed by atoms with Crippen molar-refractivity contribution in [3.8, 4) is 11.1 Å². The molecule has 200 valence electrons. The van der Waals surface area contributed by atoms with Gasteiger partial charge in [0.1, 0.15) is 17.2 Å². The van der Waals surface area contributed by atoms with E-state index in [9.17, 15) is 9.59 Å². The number of aromatic amines is 1. The molecule has 39 heavy (non-hydrogen) atoms. The fraction of sp³-hybridized carbons (Fsp3) is 0.400. The quantitative estimate of drug-likeness (QED) is 0.382. The highest BCUT2D eigenvalue weighted by atomic mass is 16.2. The number of aryl methyl sites for hydroxylation is 2. The number of aromatic nitrogens is 5. The van der Waals surface area contributed by atoms with Crippen LogP contribution in [0.3, 0.4) is 0 Å². The molecule has 0 unspecified atom stereocenters. The highest BCUT2D eigenvalue weighted by molar-refractivity contribution is 6.06. The van der Waals surface area contributed by atoms with Crippen LogP contribution in [0.1, 0.15) is 71.5 Å². The lowest BCUT2D eigenvalue weighted by atomic mass is 9.98. The molecule has 0 aromatic carbocycles. The average molecular weight is 524 g/mol. The Labute approximate surface area is 226 Å². The second-order valence-corrected chi connectivity index (χ2v) is 11.0. The van der Waals surface area contributed by atoms with Crippen molar-refractivity contribution in [3.63, 3.8) is 0 Å². The smallest absolute Gasteiger partial charge is 0.276 e. The summed E-state index contributed by atoms with van der Waals surface area (Å²) in [6.07, 6.45) is 11.2. The number of carbonyl (C=O) groups excluding carboxylic acids is 1. The molecule has 5 heterocycles. The van der Waals surface area contributed by atoms with Gasteiger partial charge in [0.25, 0.3) is 11.5 Å². The van der Waals surface area contributed by atoms with Gasteiger partial charge in [-0.3, -0.25) is 19.6 Å². The van der Waals surface area contributed by atoms with E-state index in [0.717, 1.165) is 47.5 Å². The largest absolute Gasteiger partial charge is 0.339 e. The highest BCUT2D eigenvalue weighted by Gasteiger charge is 2.32. The maximum absolute atomic E-state index is 13.8. The summed E-state index contributed by atoms with van der Waals surface area (Å²) in [7, 11) is 1.76. The van der Waals surface area contributed by atoms with Crippen LogP contribution < -0.4 is 15.8 Å². The van der Waals surface area contributed by atoms with E-state index in [-0.39, 0.29) is 11.5 Å². The van der Waals surface area contributed by atoms with Gasteiger partial charge in [0.2, 0.25) is 0 Å². The van der Waals surface area contributed by atoms with Gasteiger partial charge in [-0.15, -0.1) is 0 Å². The summed E-state index contributed by atoms with van der Waals surface area (Å²) < 4.78 is 3.83. The van der Waals surface area contributed by atoms with E-state index in [2.05, 4.69) is 33.1 Å². The lowest BCUT2D eigenvalue weighted by molar-refractivity contribution is 0.0963. The summed E-state index contributed by atoms with van der Waals surface area (Å²) in [4.78, 5) is 33.3. The Hall–Kier alpha value is -4.14. The van der Waals surface area contributed by atoms with E-state index in [1.54, 1.807) is 17.8 Å². The van der Waals surface area contributed by atoms with Gasteiger partial charge in [-0.2, -0.15) is 5.10 Å². The molecule has 0 radical (unpaired) electrons. The summed E-state index contributed by atoms with van der Waals surface area (Å²) in [5, 5.41) is 10.7. The van der Waals surface area contributed by atoms with E-state index in [4.69, 9.17) is 4.98 Å². The number of amides is 1. The van der Waals surface area contributed by atoms with Gasteiger partial charge < -0.3 is 14.5 Å². The van der Waals surface area contributed by atoms with Gasteiger partial charge in [0.15, 0.2) is 5.82 Å². The second kappa shape index (κ2) is 9.25. The van der Waals surface area contributed by atoms with Crippen molar-refractivity contribution in [2.24, 2.45) is 7.05 Å². The van der Waals surface area contributed by atoms with Crippen LogP contribution in [0, 0.1) is 0 Å². The van der Waals surface area contributed by atoms with Crippen LogP contribution in [0.15, 0.2) is 41.5 Å². The number of fused-ring (bicyclic) bond motifs is 3. The molecule has 4 aromatic heterocycles. The standard InChI is InChI=1S/C30H33N7O2/c1-3-21-22(20-14-24(29(38)35(2)17-20)32-27-16-23(33-34-27)18-8-9-18)10-11-31-28(21)37-13-12-36-25-7-5-4-6-19(25)15-26(36)30(37)39/h10-11,14-18H,3-9,12-13H2,1-2H3,(H2,32,33,34). The molecule has 1 saturated carbocycles. The van der Waals surface area contributed by atoms with Crippen molar-refractivity contribution in [2.45, 2.75) is 64.3 Å². The number of carbonyl (C=O) groups is 1. The SMILES string of the molecule is CCc1c(-c2cc(Nc3cc(C4CC4)[nH]n3)c(=O)n(C)c2)ccnc1N1CCn2c(cc3c2CCCC3)C1=O. The molecule has 4 aromatic rings. The van der Waals surface area contributed by atoms with Gasteiger partial charge in [-0.05, 0) is 74.3 Å². The number of hydrogen-bond donors (Lipinski definition) is 2. The van der Waals surface area contributed by atoms with E-state index in [0.29, 0.717) is 36.2 Å². The van der Waals surface area contributed by atoms with Gasteiger partial charge in [-0.1, -0.05) is 6.92 Å². The summed E-state index contributed by atoms with van der Waals surface area (Å²) >= 11 is 0. The molecule has 1 fully saturated rings. The van der Waals surface area contributed by atoms with Crippen molar-refractivity contribution >= 4 is 23.2 Å². The molecule has 2 N–H and O–H groups in total. The predicted octanol–water partition coefficient (Wildman–Crippen LogP) is 4.69. The minimum Gasteiger partial charge on any atom is -0.339 e. The van der Waals surface area contributed by atoms with Gasteiger partial charge in [0, 0.05) is 67.0 Å². The van der Waals surface area contributed by atoms with Crippen LogP contribution in [0.2, 0.25) is 0 Å². The zero-order chi connectivity index (χ0) is 26.7. The number of hydrogen-bond acceptors (Lipinski definition) is 5. The first kappa shape index (κ1) is 23.9. The minimum atomic E-state index is -0.127. The fourth-order valence-corrected chi connectivity index (χ4v) is 6.26. The molecule has 0 saturated heterocycles. The second-order valence-electron chi connectivity index (χ2n) is 11.0. The fourth-order valence-electron chi connectivity index (χ4n) is 6.26. The third-order valence-corrected chi connectivity index (χ3v) is 8.43. The lowest BCUT2D eigenvalue weighted by Gasteiger charge is -2.31. The van der Waals surface area contributed by atoms with Crippen LogP contribution in [-0.2, 0) is 32.9 Å². The topological polar surface area (TPSA) is 101 Å². The molecule has 0 bridgehead atoms. The Kier molecular flexibility index (Phi) is 5.68. The molecule has 7 rings (SSSR count). The first-order chi connectivity index (χ1) is 19.0. The van der Waals surface area contributed by atoms with Crippen LogP contribution in [-0.4, -0.2) is 36.8 Å². The summed E-state index contributed by atoms with van der Waals surface area (Å²) in [6.45, 7) is 3.47. The number of nitrogens with one attached hydrogen (secondary N) is 2. The monoisotopic (exact) mass is 523 g/mol. The van der Waals surface area contributed by atoms with Crippen LogP contribution in [0.25, 0.3) is 11.1 Å². The number of H-pyrrole nitrogens is 1. The summed E-state index contributed by atoms with van der Waals surface area (Å²) in [6, 6.07) is 7.94. The Morgan fingerprint density at radius 1 is 1.10 bits per heavy atom. The van der Waals surface area contributed by atoms with Crippen LogP contribution in [0.5, 0.6) is 0 Å². The van der Waals surface area contributed by atoms with E-state index < -0.39 is 0 Å². The first-order valence-electron chi connectivity index (χ1n) is 14.1. The zero-order valence-corrected chi connectivity index (χ0v) is 22.5. The average Bonchev–Trinajstić information content (AvgIpc) is 3.58. The van der Waals surface area contributed by atoms with Crippen molar-refractivity contribution in [1.82, 2.24) is 24.3 Å². The minimum absolute atomic E-state index is 0.0165. The van der Waals surface area contributed by atoms with E-state index in [1.807, 2.05) is 29.3 Å². The Balaban J connectivity index is 1.25. The normalized spacial score (nSPS) is 16.8. The van der Waals surface area contributed by atoms with Crippen molar-refractivity contribution in [2.75, 3.05) is 16.8 Å². The number of rotatable bonds is 6. The molecular weight excluding hydrogens is 490 g/mol. The predicted molar refractivity (Wildman–Crippen MR) is 151 cm³/mol. The first-order valence-corrected chi connectivity index (χ1v) is 14.1. The maximum Gasteiger partial charge on any atom is 0.276 e. The molecule has 0 atom stereocenters. The number of nitrogens with zero attached hydrogens (tertiary/aromatic N) is 5. The molecule has 9 nitrogen and oxygen atoms in total. The Morgan fingerprint density at radius 2 is 1.95 bits per heavy atom. The van der Waals surface area contributed by atoms with E-state index in [1.165, 1.54) is 36.9 Å². The molecular formula is C30H33N7O2. The van der Waals surface area contributed by atoms with Crippen molar-refractivity contribution < 1.29 is 4.79 Å². The van der Waals surface area contributed by atoms with Crippen molar-refractivity contribution in [3.05, 3.63) is 75.2 Å². The molecule has 2 aliphatic carbocycles. The van der Waals surface area contributed by atoms with Crippen molar-refractivity contribution in [1.29, 1.82) is 0 Å². The van der Waals surface area contributed by atoms with Crippen LogP contribution in [0.4, 0.5) is 17.3 Å². The molecule has 3 aliphatic rings. The number of pyridine rings is 2. The molecule has 0 spiro atoms. The molecule has 1 aliphatic heterocycles. The molecule has 9 heteroatoms. The van der Waals surface area contributed by atoms with E-state index >= 15 is 0 Å². The Bertz CT molecular complexity index is 1660. The maximum atomic E-state index is 13.8.